The molecule has 2 aromatic heterocycles. The van der Waals surface area contributed by atoms with Gasteiger partial charge in [-0.1, -0.05) is 60.4 Å². The fourth-order valence-corrected chi connectivity index (χ4v) is 4.75. The predicted octanol–water partition coefficient (Wildman–Crippen LogP) is 6.54. The summed E-state index contributed by atoms with van der Waals surface area (Å²) in [7, 11) is 0. The molecule has 2 heterocycles. The largest absolute Gasteiger partial charge is 0.331 e. The number of hydrogen-bond acceptors (Lipinski definition) is 8. The molecule has 1 amide bonds. The second-order valence-corrected chi connectivity index (χ2v) is 9.94. The molecule has 0 aliphatic heterocycles. The van der Waals surface area contributed by atoms with E-state index in [1.165, 1.54) is 11.3 Å². The van der Waals surface area contributed by atoms with Gasteiger partial charge in [0.2, 0.25) is 11.0 Å². The van der Waals surface area contributed by atoms with Crippen LogP contribution in [0.2, 0.25) is 0 Å². The minimum absolute atomic E-state index is 0.124. The maximum atomic E-state index is 12.1. The van der Waals surface area contributed by atoms with Crippen molar-refractivity contribution in [2.75, 3.05) is 10.6 Å². The number of rotatable bonds is 15. The Balaban J connectivity index is 1.75. The fraction of sp³-hybridized carbons (Fsp3) is 0.346. The summed E-state index contributed by atoms with van der Waals surface area (Å²) in [6, 6.07) is 3.68. The van der Waals surface area contributed by atoms with Crippen molar-refractivity contribution in [2.24, 2.45) is 0 Å². The van der Waals surface area contributed by atoms with Crippen LogP contribution >= 0.6 is 34.3 Å². The first kappa shape index (κ1) is 29.5. The van der Waals surface area contributed by atoms with Gasteiger partial charge in [0, 0.05) is 18.5 Å². The van der Waals surface area contributed by atoms with Crippen molar-refractivity contribution in [3.05, 3.63) is 83.2 Å². The highest BCUT2D eigenvalue weighted by molar-refractivity contribution is 14.1. The highest BCUT2D eigenvalue weighted by Gasteiger charge is 2.16. The van der Waals surface area contributed by atoms with Gasteiger partial charge in [0.1, 0.15) is 34.1 Å². The number of carbonyl (C=O) groups excluding carboxylic acids is 1. The van der Waals surface area contributed by atoms with Crippen molar-refractivity contribution in [2.45, 2.75) is 59.0 Å². The van der Waals surface area contributed by atoms with Gasteiger partial charge in [0.15, 0.2) is 5.82 Å². The molecular formula is C26H33IN6O2S. The molecule has 0 radical (unpaired) electrons. The van der Waals surface area contributed by atoms with Crippen LogP contribution in [0.15, 0.2) is 72.5 Å². The number of allylic oxidation sites excluding steroid dienone is 3. The van der Waals surface area contributed by atoms with Crippen molar-refractivity contribution in [1.82, 2.24) is 20.4 Å². The van der Waals surface area contributed by atoms with E-state index in [1.54, 1.807) is 6.07 Å². The number of nitrogens with zero attached hydrogens (tertiary/aromatic N) is 4. The lowest BCUT2D eigenvalue weighted by Gasteiger charge is -2.17. The summed E-state index contributed by atoms with van der Waals surface area (Å²) >= 11 is 3.35. The summed E-state index contributed by atoms with van der Waals surface area (Å²) in [5, 5.41) is 24.4. The number of carbonyl (C=O) groups is 1. The molecule has 2 rings (SSSR count). The Kier molecular flexibility index (Phi) is 12.6. The number of halogens is 1. The minimum Gasteiger partial charge on any atom is -0.331 e. The van der Waals surface area contributed by atoms with Gasteiger partial charge in [-0.2, -0.15) is 5.10 Å². The smallest absolute Gasteiger partial charge is 0.229 e. The monoisotopic (exact) mass is 620 g/mol. The number of amides is 1. The third kappa shape index (κ3) is 10.5. The number of unbranched alkanes of at least 4 members (excludes halogenated alkanes) is 1. The Morgan fingerprint density at radius 3 is 2.50 bits per heavy atom. The molecule has 0 aliphatic carbocycles. The molecule has 2 N–H and O–H groups in total. The van der Waals surface area contributed by atoms with Crippen LogP contribution in [0.25, 0.3) is 0 Å². The Labute approximate surface area is 231 Å². The van der Waals surface area contributed by atoms with Gasteiger partial charge in [-0.05, 0) is 57.7 Å². The highest BCUT2D eigenvalue weighted by atomic mass is 127. The molecule has 8 nitrogen and oxygen atoms in total. The third-order valence-electron chi connectivity index (χ3n) is 4.85. The van der Waals surface area contributed by atoms with Crippen LogP contribution in [-0.4, -0.2) is 32.4 Å². The molecule has 0 aliphatic rings. The molecular weight excluding hydrogens is 587 g/mol. The van der Waals surface area contributed by atoms with Crippen molar-refractivity contribution in [3.63, 3.8) is 0 Å². The summed E-state index contributed by atoms with van der Waals surface area (Å²) in [5.74, 6) is 0.327. The SMILES string of the molecule is C=C(C)/C=C(\C)CC(=O)Nc1ccc(CCCCc2nnc(NC(=C)[C@@H](OI)C(=C)/C=C\C)s2)nn1. The summed E-state index contributed by atoms with van der Waals surface area (Å²) < 4.78 is 5.46. The number of anilines is 2. The maximum absolute atomic E-state index is 12.1. The lowest BCUT2D eigenvalue weighted by molar-refractivity contribution is -0.115. The Morgan fingerprint density at radius 1 is 1.11 bits per heavy atom. The van der Waals surface area contributed by atoms with E-state index >= 15 is 0 Å². The predicted molar refractivity (Wildman–Crippen MR) is 156 cm³/mol. The van der Waals surface area contributed by atoms with Crippen LogP contribution in [0.5, 0.6) is 0 Å². The van der Waals surface area contributed by atoms with E-state index in [4.69, 9.17) is 3.07 Å². The number of aryl methyl sites for hydroxylation is 2. The molecule has 2 aromatic rings. The van der Waals surface area contributed by atoms with Crippen molar-refractivity contribution in [3.8, 4) is 0 Å². The standard InChI is InChI=1S/C26H33IN6O2S/c1-7-10-19(5)25(35-27)20(6)28-26-33-32-24(36-26)12-9-8-11-21-13-14-22(31-30-21)29-23(34)16-18(4)15-17(2)3/h7,10,13-15,25H,2,5-6,8-9,11-12,16H2,1,3-4H3,(H,28,33)(H,29,31,34)/b10-7-,18-15+/t25-/m0/s1. The van der Waals surface area contributed by atoms with Gasteiger partial charge in [-0.15, -0.1) is 15.3 Å². The Morgan fingerprint density at radius 2 is 1.86 bits per heavy atom. The molecule has 36 heavy (non-hydrogen) atoms. The maximum Gasteiger partial charge on any atom is 0.229 e. The van der Waals surface area contributed by atoms with E-state index in [1.807, 2.05) is 68.1 Å². The normalized spacial score (nSPS) is 12.4. The van der Waals surface area contributed by atoms with E-state index in [0.717, 1.165) is 53.1 Å². The Bertz CT molecular complexity index is 1120. The van der Waals surface area contributed by atoms with E-state index in [-0.39, 0.29) is 12.0 Å². The van der Waals surface area contributed by atoms with Crippen molar-refractivity contribution in [1.29, 1.82) is 0 Å². The average molecular weight is 621 g/mol. The number of hydrogen-bond donors (Lipinski definition) is 2. The van der Waals surface area contributed by atoms with Crippen LogP contribution in [0, 0.1) is 0 Å². The molecule has 0 bridgehead atoms. The molecule has 0 unspecified atom stereocenters. The minimum atomic E-state index is -0.350. The second kappa shape index (κ2) is 15.4. The zero-order valence-corrected chi connectivity index (χ0v) is 24.0. The third-order valence-corrected chi connectivity index (χ3v) is 6.26. The van der Waals surface area contributed by atoms with Crippen molar-refractivity contribution < 1.29 is 7.86 Å². The van der Waals surface area contributed by atoms with E-state index in [2.05, 4.69) is 50.8 Å². The first-order valence-electron chi connectivity index (χ1n) is 11.5. The molecule has 0 fully saturated rings. The molecule has 0 spiro atoms. The fourth-order valence-electron chi connectivity index (χ4n) is 3.30. The summed E-state index contributed by atoms with van der Waals surface area (Å²) in [4.78, 5) is 12.1. The van der Waals surface area contributed by atoms with Crippen LogP contribution in [-0.2, 0) is 20.7 Å². The van der Waals surface area contributed by atoms with Gasteiger partial charge in [0.25, 0.3) is 0 Å². The molecule has 0 saturated carbocycles. The number of aromatic nitrogens is 4. The molecule has 10 heteroatoms. The molecule has 1 atom stereocenters. The average Bonchev–Trinajstić information content (AvgIpc) is 3.24. The number of nitrogens with one attached hydrogen (secondary N) is 2. The highest BCUT2D eigenvalue weighted by Crippen LogP contribution is 2.23. The van der Waals surface area contributed by atoms with Gasteiger partial charge in [-0.3, -0.25) is 4.79 Å². The molecule has 0 saturated heterocycles. The molecule has 192 valence electrons. The van der Waals surface area contributed by atoms with Crippen molar-refractivity contribution >= 4 is 51.2 Å². The summed E-state index contributed by atoms with van der Waals surface area (Å²) in [6.07, 6.45) is 9.14. The Hall–Kier alpha value is -2.70. The molecule has 0 aromatic carbocycles. The first-order valence-corrected chi connectivity index (χ1v) is 13.2. The van der Waals surface area contributed by atoms with E-state index in [0.29, 0.717) is 23.1 Å². The lowest BCUT2D eigenvalue weighted by atomic mass is 10.1. The zero-order valence-electron chi connectivity index (χ0n) is 21.0. The lowest BCUT2D eigenvalue weighted by Crippen LogP contribution is -2.18. The zero-order chi connectivity index (χ0) is 26.5. The topological polar surface area (TPSA) is 102 Å². The van der Waals surface area contributed by atoms with Gasteiger partial charge >= 0.3 is 0 Å². The van der Waals surface area contributed by atoms with E-state index < -0.39 is 0 Å². The van der Waals surface area contributed by atoms with Gasteiger partial charge in [0.05, 0.1) is 5.69 Å². The second-order valence-electron chi connectivity index (χ2n) is 8.37. The van der Waals surface area contributed by atoms with Crippen LogP contribution in [0.1, 0.15) is 50.7 Å². The quantitative estimate of drug-likeness (QED) is 0.133. The van der Waals surface area contributed by atoms with Gasteiger partial charge < -0.3 is 13.7 Å². The van der Waals surface area contributed by atoms with Crippen LogP contribution in [0.3, 0.4) is 0 Å². The van der Waals surface area contributed by atoms with Gasteiger partial charge in [-0.25, -0.2) is 0 Å². The van der Waals surface area contributed by atoms with E-state index in [9.17, 15) is 4.79 Å². The van der Waals surface area contributed by atoms with Crippen LogP contribution < -0.4 is 10.6 Å². The van der Waals surface area contributed by atoms with Crippen LogP contribution in [0.4, 0.5) is 10.9 Å². The summed E-state index contributed by atoms with van der Waals surface area (Å²) in [6.45, 7) is 17.6. The summed E-state index contributed by atoms with van der Waals surface area (Å²) in [5.41, 5.74) is 4.21. The first-order chi connectivity index (χ1) is 17.2.